The number of hydrogen-bond donors (Lipinski definition) is 2. The zero-order valence-electron chi connectivity index (χ0n) is 12.7. The second-order valence-electron chi connectivity index (χ2n) is 4.78. The third-order valence-electron chi connectivity index (χ3n) is 3.10. The quantitative estimate of drug-likeness (QED) is 0.757. The van der Waals surface area contributed by atoms with Crippen molar-refractivity contribution in [2.24, 2.45) is 0 Å². The van der Waals surface area contributed by atoms with Crippen molar-refractivity contribution in [2.45, 2.75) is 11.3 Å². The van der Waals surface area contributed by atoms with Crippen LogP contribution in [0.3, 0.4) is 0 Å². The largest absolute Gasteiger partial charge is 0.473 e. The van der Waals surface area contributed by atoms with E-state index in [2.05, 4.69) is 4.90 Å². The number of hydrogen-bond acceptors (Lipinski definition) is 5. The molecular formula is C15H21NO6S. The first-order valence-corrected chi connectivity index (χ1v) is 8.52. The normalized spacial score (nSPS) is 16.0. The van der Waals surface area contributed by atoms with E-state index in [0.717, 1.165) is 49.9 Å². The lowest BCUT2D eigenvalue weighted by atomic mass is 10.3. The highest BCUT2D eigenvalue weighted by Gasteiger charge is 2.10. The van der Waals surface area contributed by atoms with Crippen LogP contribution in [0.2, 0.25) is 0 Å². The Kier molecular flexibility index (Phi) is 9.11. The predicted molar refractivity (Wildman–Crippen MR) is 84.9 cm³/mol. The van der Waals surface area contributed by atoms with Gasteiger partial charge in [-0.1, -0.05) is 18.2 Å². The number of morpholine rings is 1. The van der Waals surface area contributed by atoms with E-state index in [4.69, 9.17) is 24.5 Å². The number of benzene rings is 1. The van der Waals surface area contributed by atoms with Crippen LogP contribution in [0.5, 0.6) is 0 Å². The van der Waals surface area contributed by atoms with Crippen LogP contribution in [-0.4, -0.2) is 69.9 Å². The van der Waals surface area contributed by atoms with Crippen LogP contribution in [0, 0.1) is 0 Å². The van der Waals surface area contributed by atoms with Crippen LogP contribution in [0.1, 0.15) is 6.42 Å². The number of rotatable bonds is 5. The molecular weight excluding hydrogens is 322 g/mol. The van der Waals surface area contributed by atoms with Crippen LogP contribution in [-0.2, 0) is 25.1 Å². The van der Waals surface area contributed by atoms with E-state index >= 15 is 0 Å². The molecule has 0 saturated carbocycles. The Balaban J connectivity index is 0.000000379. The van der Waals surface area contributed by atoms with Gasteiger partial charge in [-0.05, 0) is 25.1 Å². The van der Waals surface area contributed by atoms with Gasteiger partial charge in [-0.25, -0.2) is 9.59 Å². The molecule has 1 aliphatic heterocycles. The number of carboxylic acids is 2. The van der Waals surface area contributed by atoms with E-state index in [9.17, 15) is 4.21 Å². The van der Waals surface area contributed by atoms with E-state index in [1.165, 1.54) is 0 Å². The van der Waals surface area contributed by atoms with Gasteiger partial charge in [-0.3, -0.25) is 9.11 Å². The number of aliphatic carboxylic acids is 2. The molecule has 1 fully saturated rings. The summed E-state index contributed by atoms with van der Waals surface area (Å²) in [4.78, 5) is 21.5. The molecule has 8 heteroatoms. The van der Waals surface area contributed by atoms with Gasteiger partial charge >= 0.3 is 11.9 Å². The number of carboxylic acid groups (broad SMARTS) is 2. The lowest BCUT2D eigenvalue weighted by molar-refractivity contribution is -0.159. The molecule has 1 atom stereocenters. The molecule has 7 nitrogen and oxygen atoms in total. The van der Waals surface area contributed by atoms with Gasteiger partial charge in [0.05, 0.1) is 24.0 Å². The van der Waals surface area contributed by atoms with Gasteiger partial charge in [-0.2, -0.15) is 0 Å². The van der Waals surface area contributed by atoms with Gasteiger partial charge in [0.1, 0.15) is 0 Å². The zero-order chi connectivity index (χ0) is 17.1. The topological polar surface area (TPSA) is 104 Å². The zero-order valence-corrected chi connectivity index (χ0v) is 13.5. The molecule has 0 aliphatic carbocycles. The number of carbonyl (C=O) groups is 2. The molecule has 1 aromatic carbocycles. The summed E-state index contributed by atoms with van der Waals surface area (Å²) in [5.41, 5.74) is 0. The standard InChI is InChI=1S/C13H19NO2S.C2H2O4/c15-17(13-5-2-1-3-6-13)12-4-7-14-8-10-16-11-9-14;3-1(4)2(5)6/h1-3,5-6H,4,7-12H2;(H,3,4)(H,5,6). The maximum atomic E-state index is 12.0. The summed E-state index contributed by atoms with van der Waals surface area (Å²) in [5, 5.41) is 14.8. The second-order valence-corrected chi connectivity index (χ2v) is 6.35. The molecule has 0 aromatic heterocycles. The first-order valence-electron chi connectivity index (χ1n) is 7.20. The van der Waals surface area contributed by atoms with Crippen molar-refractivity contribution < 1.29 is 28.7 Å². The summed E-state index contributed by atoms with van der Waals surface area (Å²) >= 11 is 0. The van der Waals surface area contributed by atoms with E-state index in [0.29, 0.717) is 0 Å². The van der Waals surface area contributed by atoms with Crippen molar-refractivity contribution >= 4 is 22.7 Å². The van der Waals surface area contributed by atoms with Crippen molar-refractivity contribution in [3.63, 3.8) is 0 Å². The van der Waals surface area contributed by atoms with Gasteiger partial charge in [0, 0.05) is 23.7 Å². The van der Waals surface area contributed by atoms with E-state index in [1.54, 1.807) is 0 Å². The molecule has 0 radical (unpaired) electrons. The van der Waals surface area contributed by atoms with Crippen LogP contribution in [0.25, 0.3) is 0 Å². The molecule has 1 aromatic rings. The fraction of sp³-hybridized carbons (Fsp3) is 0.467. The highest BCUT2D eigenvalue weighted by Crippen LogP contribution is 2.07. The number of ether oxygens (including phenoxy) is 1. The van der Waals surface area contributed by atoms with Crippen molar-refractivity contribution in [1.82, 2.24) is 4.90 Å². The summed E-state index contributed by atoms with van der Waals surface area (Å²) in [5.74, 6) is -2.90. The summed E-state index contributed by atoms with van der Waals surface area (Å²) < 4.78 is 17.2. The Bertz CT molecular complexity index is 504. The predicted octanol–water partition coefficient (Wildman–Crippen LogP) is 0.672. The average molecular weight is 343 g/mol. The fourth-order valence-corrected chi connectivity index (χ4v) is 3.02. The van der Waals surface area contributed by atoms with E-state index in [1.807, 2.05) is 30.3 Å². The SMILES string of the molecule is O=C(O)C(=O)O.O=S(CCCN1CCOCC1)c1ccccc1. The maximum absolute atomic E-state index is 12.0. The second kappa shape index (κ2) is 10.9. The molecule has 128 valence electrons. The minimum atomic E-state index is -1.82. The van der Waals surface area contributed by atoms with Gasteiger partial charge in [0.25, 0.3) is 0 Å². The lowest BCUT2D eigenvalue weighted by Crippen LogP contribution is -2.37. The highest BCUT2D eigenvalue weighted by molar-refractivity contribution is 7.85. The molecule has 1 aliphatic rings. The summed E-state index contributed by atoms with van der Waals surface area (Å²) in [6, 6.07) is 9.70. The first kappa shape index (κ1) is 19.3. The average Bonchev–Trinajstić information content (AvgIpc) is 2.57. The van der Waals surface area contributed by atoms with Gasteiger partial charge in [-0.15, -0.1) is 0 Å². The third-order valence-corrected chi connectivity index (χ3v) is 4.55. The summed E-state index contributed by atoms with van der Waals surface area (Å²) in [6.07, 6.45) is 0.988. The van der Waals surface area contributed by atoms with E-state index in [-0.39, 0.29) is 0 Å². The molecule has 2 N–H and O–H groups in total. The van der Waals surface area contributed by atoms with Crippen molar-refractivity contribution in [3.05, 3.63) is 30.3 Å². The molecule has 0 amide bonds. The van der Waals surface area contributed by atoms with Crippen LogP contribution < -0.4 is 0 Å². The molecule has 1 saturated heterocycles. The molecule has 23 heavy (non-hydrogen) atoms. The Morgan fingerprint density at radius 2 is 1.65 bits per heavy atom. The number of nitrogens with zero attached hydrogens (tertiary/aromatic N) is 1. The van der Waals surface area contributed by atoms with Crippen LogP contribution >= 0.6 is 0 Å². The molecule has 0 spiro atoms. The molecule has 1 heterocycles. The third kappa shape index (κ3) is 8.44. The molecule has 2 rings (SSSR count). The maximum Gasteiger partial charge on any atom is 0.414 e. The fourth-order valence-electron chi connectivity index (χ4n) is 1.93. The molecule has 0 bridgehead atoms. The highest BCUT2D eigenvalue weighted by atomic mass is 32.2. The van der Waals surface area contributed by atoms with Crippen molar-refractivity contribution in [1.29, 1.82) is 0 Å². The Labute approximate surface area is 137 Å². The van der Waals surface area contributed by atoms with Crippen LogP contribution in [0.4, 0.5) is 0 Å². The van der Waals surface area contributed by atoms with Crippen molar-refractivity contribution in [3.8, 4) is 0 Å². The van der Waals surface area contributed by atoms with Gasteiger partial charge < -0.3 is 14.9 Å². The van der Waals surface area contributed by atoms with Gasteiger partial charge in [0.2, 0.25) is 0 Å². The minimum Gasteiger partial charge on any atom is -0.473 e. The Hall–Kier alpha value is -1.77. The van der Waals surface area contributed by atoms with Crippen LogP contribution in [0.15, 0.2) is 35.2 Å². The molecule has 1 unspecified atom stereocenters. The summed E-state index contributed by atoms with van der Waals surface area (Å²) in [6.45, 7) is 4.72. The summed E-state index contributed by atoms with van der Waals surface area (Å²) in [7, 11) is -0.846. The monoisotopic (exact) mass is 343 g/mol. The smallest absolute Gasteiger partial charge is 0.414 e. The van der Waals surface area contributed by atoms with Crippen molar-refractivity contribution in [2.75, 3.05) is 38.6 Å². The first-order chi connectivity index (χ1) is 11.0. The lowest BCUT2D eigenvalue weighted by Gasteiger charge is -2.26. The van der Waals surface area contributed by atoms with Gasteiger partial charge in [0.15, 0.2) is 0 Å². The van der Waals surface area contributed by atoms with E-state index < -0.39 is 22.7 Å². The Morgan fingerprint density at radius 3 is 2.17 bits per heavy atom. The Morgan fingerprint density at radius 1 is 1.09 bits per heavy atom. The minimum absolute atomic E-state index is 0.751.